The van der Waals surface area contributed by atoms with Gasteiger partial charge in [-0.2, -0.15) is 0 Å². The van der Waals surface area contributed by atoms with E-state index in [4.69, 9.17) is 0 Å². The fraction of sp³-hybridized carbons (Fsp3) is 0.171. The third-order valence-corrected chi connectivity index (χ3v) is 9.39. The van der Waals surface area contributed by atoms with Crippen LogP contribution in [0, 0.1) is 48.5 Å². The predicted octanol–water partition coefficient (Wildman–Crippen LogP) is 8.93. The molecule has 7 aromatic carbocycles. The molecule has 7 rings (SSSR count). The Kier molecular flexibility index (Phi) is 6.24. The van der Waals surface area contributed by atoms with Crippen molar-refractivity contribution in [1.82, 2.24) is 0 Å². The minimum absolute atomic E-state index is 0.145. The summed E-state index contributed by atoms with van der Waals surface area (Å²) in [4.78, 5) is 0. The van der Waals surface area contributed by atoms with Crippen LogP contribution in [-0.2, 0) is 0 Å². The van der Waals surface area contributed by atoms with Crippen molar-refractivity contribution in [3.8, 4) is 11.1 Å². The molecule has 0 spiro atoms. The standard InChI is InChI=1S/C41H37B/c1-24-9-8-10-33(23-24)34-15-11-31-13-17-36-37(18-14-32-12-16-35(34)38(31)39(32)36)42(40-27(4)19-25(2)20-28(40)5)41-29(6)21-26(3)22-30(41)7/h8-23H,1-7H3. The van der Waals surface area contributed by atoms with E-state index in [0.29, 0.717) is 0 Å². The Bertz CT molecular complexity index is 2060. The van der Waals surface area contributed by atoms with Crippen LogP contribution in [0.2, 0.25) is 0 Å². The smallest absolute Gasteiger partial charge is 0.0657 e. The first-order valence-corrected chi connectivity index (χ1v) is 15.1. The molecule has 0 amide bonds. The summed E-state index contributed by atoms with van der Waals surface area (Å²) in [6.45, 7) is 15.9. The van der Waals surface area contributed by atoms with Crippen LogP contribution in [0.4, 0.5) is 0 Å². The maximum absolute atomic E-state index is 2.41. The first-order valence-electron chi connectivity index (χ1n) is 15.1. The van der Waals surface area contributed by atoms with Gasteiger partial charge < -0.3 is 0 Å². The summed E-state index contributed by atoms with van der Waals surface area (Å²) in [5.74, 6) is 0. The summed E-state index contributed by atoms with van der Waals surface area (Å²) >= 11 is 0. The van der Waals surface area contributed by atoms with E-state index < -0.39 is 0 Å². The van der Waals surface area contributed by atoms with Crippen LogP contribution >= 0.6 is 0 Å². The van der Waals surface area contributed by atoms with Crippen LogP contribution in [0.1, 0.15) is 38.9 Å². The lowest BCUT2D eigenvalue weighted by atomic mass is 9.33. The molecule has 0 atom stereocenters. The highest BCUT2D eigenvalue weighted by Gasteiger charge is 2.30. The molecular formula is C41H37B. The summed E-state index contributed by atoms with van der Waals surface area (Å²) < 4.78 is 0. The van der Waals surface area contributed by atoms with Gasteiger partial charge in [-0.15, -0.1) is 0 Å². The second-order valence-electron chi connectivity index (χ2n) is 12.6. The Morgan fingerprint density at radius 1 is 0.429 bits per heavy atom. The summed E-state index contributed by atoms with van der Waals surface area (Å²) in [5, 5.41) is 8.05. The maximum atomic E-state index is 2.41. The predicted molar refractivity (Wildman–Crippen MR) is 186 cm³/mol. The fourth-order valence-electron chi connectivity index (χ4n) is 7.89. The van der Waals surface area contributed by atoms with Crippen LogP contribution in [0.5, 0.6) is 0 Å². The zero-order valence-corrected chi connectivity index (χ0v) is 25.8. The molecule has 0 saturated carbocycles. The van der Waals surface area contributed by atoms with E-state index in [2.05, 4.69) is 146 Å². The Labute approximate surface area is 250 Å². The molecule has 42 heavy (non-hydrogen) atoms. The van der Waals surface area contributed by atoms with E-state index >= 15 is 0 Å². The molecule has 1 heteroatoms. The molecule has 0 aliphatic carbocycles. The van der Waals surface area contributed by atoms with E-state index in [9.17, 15) is 0 Å². The lowest BCUT2D eigenvalue weighted by Gasteiger charge is -2.26. The van der Waals surface area contributed by atoms with Gasteiger partial charge in [0.05, 0.1) is 0 Å². The summed E-state index contributed by atoms with van der Waals surface area (Å²) in [5.41, 5.74) is 16.2. The van der Waals surface area contributed by atoms with E-state index in [1.54, 1.807) is 0 Å². The summed E-state index contributed by atoms with van der Waals surface area (Å²) in [7, 11) is 0. The van der Waals surface area contributed by atoms with Crippen molar-refractivity contribution >= 4 is 55.4 Å². The van der Waals surface area contributed by atoms with Crippen LogP contribution < -0.4 is 16.4 Å². The van der Waals surface area contributed by atoms with Crippen LogP contribution in [0.15, 0.2) is 97.1 Å². The Balaban J connectivity index is 1.60. The van der Waals surface area contributed by atoms with Crippen molar-refractivity contribution in [2.45, 2.75) is 48.5 Å². The highest BCUT2D eigenvalue weighted by molar-refractivity contribution is 6.98. The molecule has 204 valence electrons. The normalized spacial score (nSPS) is 11.7. The molecule has 0 aliphatic rings. The highest BCUT2D eigenvalue weighted by atomic mass is 14.2. The van der Waals surface area contributed by atoms with Crippen LogP contribution in [-0.4, -0.2) is 6.71 Å². The fourth-order valence-corrected chi connectivity index (χ4v) is 7.89. The SMILES string of the molecule is Cc1cccc(-c2ccc3ccc4c(B(c5c(C)cc(C)cc5C)c5c(C)cc(C)cc5C)ccc5ccc2c3c54)c1. The number of hydrogen-bond donors (Lipinski definition) is 0. The van der Waals surface area contributed by atoms with Crippen molar-refractivity contribution in [1.29, 1.82) is 0 Å². The summed E-state index contributed by atoms with van der Waals surface area (Å²) in [6.07, 6.45) is 0. The molecule has 0 fully saturated rings. The lowest BCUT2D eigenvalue weighted by molar-refractivity contribution is 1.34. The Morgan fingerprint density at radius 2 is 0.929 bits per heavy atom. The van der Waals surface area contributed by atoms with Crippen LogP contribution in [0.3, 0.4) is 0 Å². The third kappa shape index (κ3) is 4.14. The second kappa shape index (κ2) is 9.88. The van der Waals surface area contributed by atoms with Gasteiger partial charge in [-0.25, -0.2) is 0 Å². The molecule has 0 aromatic heterocycles. The molecule has 0 saturated heterocycles. The van der Waals surface area contributed by atoms with Gasteiger partial charge in [0, 0.05) is 0 Å². The number of aryl methyl sites for hydroxylation is 7. The minimum atomic E-state index is 0.145. The molecular weight excluding hydrogens is 503 g/mol. The molecule has 0 heterocycles. The van der Waals surface area contributed by atoms with E-state index in [1.165, 1.54) is 98.8 Å². The molecule has 7 aromatic rings. The molecule has 0 N–H and O–H groups in total. The molecule has 0 nitrogen and oxygen atoms in total. The van der Waals surface area contributed by atoms with Crippen LogP contribution in [0.25, 0.3) is 43.4 Å². The molecule has 0 unspecified atom stereocenters. The monoisotopic (exact) mass is 540 g/mol. The van der Waals surface area contributed by atoms with Gasteiger partial charge in [0.15, 0.2) is 0 Å². The minimum Gasteiger partial charge on any atom is -0.0657 e. The number of rotatable bonds is 4. The molecule has 0 bridgehead atoms. The topological polar surface area (TPSA) is 0 Å². The van der Waals surface area contributed by atoms with Crippen molar-refractivity contribution in [2.75, 3.05) is 0 Å². The number of benzene rings is 7. The zero-order valence-electron chi connectivity index (χ0n) is 25.8. The van der Waals surface area contributed by atoms with Gasteiger partial charge in [-0.05, 0) is 91.9 Å². The quantitative estimate of drug-likeness (QED) is 0.154. The second-order valence-corrected chi connectivity index (χ2v) is 12.6. The zero-order chi connectivity index (χ0) is 29.3. The average Bonchev–Trinajstić information content (AvgIpc) is 2.94. The van der Waals surface area contributed by atoms with E-state index in [1.807, 2.05) is 0 Å². The highest BCUT2D eigenvalue weighted by Crippen LogP contribution is 2.39. The van der Waals surface area contributed by atoms with Crippen molar-refractivity contribution < 1.29 is 0 Å². The first kappa shape index (κ1) is 26.5. The average molecular weight is 541 g/mol. The molecule has 0 radical (unpaired) electrons. The maximum Gasteiger partial charge on any atom is 0.243 e. The van der Waals surface area contributed by atoms with E-state index in [-0.39, 0.29) is 6.71 Å². The Morgan fingerprint density at radius 3 is 1.50 bits per heavy atom. The van der Waals surface area contributed by atoms with Gasteiger partial charge in [0.25, 0.3) is 0 Å². The van der Waals surface area contributed by atoms with E-state index in [0.717, 1.165) is 0 Å². The van der Waals surface area contributed by atoms with Gasteiger partial charge in [0.1, 0.15) is 0 Å². The summed E-state index contributed by atoms with van der Waals surface area (Å²) in [6, 6.07) is 37.1. The number of hydrogen-bond acceptors (Lipinski definition) is 0. The van der Waals surface area contributed by atoms with Crippen molar-refractivity contribution in [3.05, 3.63) is 136 Å². The third-order valence-electron chi connectivity index (χ3n) is 9.39. The Hall–Kier alpha value is -4.36. The van der Waals surface area contributed by atoms with Gasteiger partial charge in [-0.1, -0.05) is 152 Å². The van der Waals surface area contributed by atoms with Gasteiger partial charge in [0.2, 0.25) is 6.71 Å². The largest absolute Gasteiger partial charge is 0.243 e. The van der Waals surface area contributed by atoms with Crippen molar-refractivity contribution in [2.24, 2.45) is 0 Å². The van der Waals surface area contributed by atoms with Gasteiger partial charge in [-0.3, -0.25) is 0 Å². The molecule has 0 aliphatic heterocycles. The van der Waals surface area contributed by atoms with Gasteiger partial charge >= 0.3 is 0 Å². The first-order chi connectivity index (χ1) is 20.2. The lowest BCUT2D eigenvalue weighted by Crippen LogP contribution is -2.56. The van der Waals surface area contributed by atoms with Crippen molar-refractivity contribution in [3.63, 3.8) is 0 Å².